The smallest absolute Gasteiger partial charge is 0.255 e. The lowest BCUT2D eigenvalue weighted by Crippen LogP contribution is -2.36. The number of hydrogen-bond donors (Lipinski definition) is 1. The third-order valence-corrected chi connectivity index (χ3v) is 5.15. The van der Waals surface area contributed by atoms with Crippen LogP contribution < -0.4 is 10.2 Å². The van der Waals surface area contributed by atoms with Crippen molar-refractivity contribution >= 4 is 28.1 Å². The molecule has 0 radical (unpaired) electrons. The van der Waals surface area contributed by atoms with Gasteiger partial charge in [0.2, 0.25) is 0 Å². The van der Waals surface area contributed by atoms with Gasteiger partial charge in [-0.05, 0) is 24.3 Å². The Balaban J connectivity index is 1.44. The highest BCUT2D eigenvalue weighted by molar-refractivity contribution is 7.14. The molecule has 2 heterocycles. The maximum absolute atomic E-state index is 12.2. The fourth-order valence-electron chi connectivity index (χ4n) is 2.81. The predicted octanol–water partition coefficient (Wildman–Crippen LogP) is 3.90. The standard InChI is InChI=1S/C20H19N3O2S/c24-19(16-4-2-1-3-5-16)21-17-8-6-15(7-9-17)18-14-26-20(22-18)23-10-12-25-13-11-23/h1-9,14H,10-13H2,(H,21,24). The van der Waals surface area contributed by atoms with Gasteiger partial charge in [-0.15, -0.1) is 11.3 Å². The van der Waals surface area contributed by atoms with E-state index < -0.39 is 0 Å². The zero-order valence-corrected chi connectivity index (χ0v) is 15.0. The Morgan fingerprint density at radius 1 is 1.04 bits per heavy atom. The molecule has 0 atom stereocenters. The highest BCUT2D eigenvalue weighted by Crippen LogP contribution is 2.28. The van der Waals surface area contributed by atoms with Crippen LogP contribution in [0.25, 0.3) is 11.3 Å². The van der Waals surface area contributed by atoms with Crippen molar-refractivity contribution in [2.45, 2.75) is 0 Å². The van der Waals surface area contributed by atoms with Crippen molar-refractivity contribution in [1.82, 2.24) is 4.98 Å². The minimum absolute atomic E-state index is 0.110. The third kappa shape index (κ3) is 3.76. The van der Waals surface area contributed by atoms with Gasteiger partial charge in [0.05, 0.1) is 18.9 Å². The Hall–Kier alpha value is -2.70. The first-order valence-corrected chi connectivity index (χ1v) is 9.42. The van der Waals surface area contributed by atoms with Crippen molar-refractivity contribution in [3.8, 4) is 11.3 Å². The normalized spacial score (nSPS) is 14.2. The van der Waals surface area contributed by atoms with Crippen LogP contribution in [0.3, 0.4) is 0 Å². The topological polar surface area (TPSA) is 54.5 Å². The van der Waals surface area contributed by atoms with Gasteiger partial charge >= 0.3 is 0 Å². The summed E-state index contributed by atoms with van der Waals surface area (Å²) in [5.74, 6) is -0.110. The number of anilines is 2. The lowest BCUT2D eigenvalue weighted by atomic mass is 10.1. The molecule has 1 N–H and O–H groups in total. The summed E-state index contributed by atoms with van der Waals surface area (Å²) >= 11 is 1.65. The molecule has 6 heteroatoms. The molecule has 1 saturated heterocycles. The number of amides is 1. The van der Waals surface area contributed by atoms with Crippen molar-refractivity contribution in [3.05, 3.63) is 65.5 Å². The third-order valence-electron chi connectivity index (χ3n) is 4.25. The molecule has 1 amide bonds. The number of thiazole rings is 1. The average Bonchev–Trinajstić information content (AvgIpc) is 3.20. The van der Waals surface area contributed by atoms with Crippen LogP contribution in [0.15, 0.2) is 60.0 Å². The Bertz CT molecular complexity index is 872. The summed E-state index contributed by atoms with van der Waals surface area (Å²) in [6.07, 6.45) is 0. The van der Waals surface area contributed by atoms with Gasteiger partial charge in [0.25, 0.3) is 5.91 Å². The van der Waals surface area contributed by atoms with Crippen molar-refractivity contribution in [3.63, 3.8) is 0 Å². The van der Waals surface area contributed by atoms with E-state index in [4.69, 9.17) is 9.72 Å². The molecule has 3 aromatic rings. The highest BCUT2D eigenvalue weighted by atomic mass is 32.1. The predicted molar refractivity (Wildman–Crippen MR) is 105 cm³/mol. The minimum atomic E-state index is -0.110. The quantitative estimate of drug-likeness (QED) is 0.762. The molecule has 0 bridgehead atoms. The van der Waals surface area contributed by atoms with E-state index in [1.807, 2.05) is 42.5 Å². The number of aromatic nitrogens is 1. The maximum atomic E-state index is 12.2. The molecule has 1 aliphatic heterocycles. The van der Waals surface area contributed by atoms with E-state index >= 15 is 0 Å². The van der Waals surface area contributed by atoms with Crippen LogP contribution in [0, 0.1) is 0 Å². The molecule has 0 saturated carbocycles. The second-order valence-corrected chi connectivity index (χ2v) is 6.85. The summed E-state index contributed by atoms with van der Waals surface area (Å²) < 4.78 is 5.39. The molecule has 1 aromatic heterocycles. The molecule has 0 unspecified atom stereocenters. The number of rotatable bonds is 4. The number of benzene rings is 2. The van der Waals surface area contributed by atoms with Gasteiger partial charge < -0.3 is 15.0 Å². The minimum Gasteiger partial charge on any atom is -0.378 e. The Morgan fingerprint density at radius 2 is 1.77 bits per heavy atom. The number of nitrogens with one attached hydrogen (secondary N) is 1. The van der Waals surface area contributed by atoms with Gasteiger partial charge in [-0.25, -0.2) is 4.98 Å². The maximum Gasteiger partial charge on any atom is 0.255 e. The molecule has 0 spiro atoms. The molecule has 0 aliphatic carbocycles. The summed E-state index contributed by atoms with van der Waals surface area (Å²) in [6.45, 7) is 3.28. The van der Waals surface area contributed by atoms with E-state index in [1.165, 1.54) is 0 Å². The van der Waals surface area contributed by atoms with Crippen LogP contribution >= 0.6 is 11.3 Å². The number of carbonyl (C=O) groups excluding carboxylic acids is 1. The van der Waals surface area contributed by atoms with Crippen LogP contribution in [-0.2, 0) is 4.74 Å². The second-order valence-electron chi connectivity index (χ2n) is 6.01. The van der Waals surface area contributed by atoms with Crippen molar-refractivity contribution in [2.24, 2.45) is 0 Å². The molecular weight excluding hydrogens is 346 g/mol. The van der Waals surface area contributed by atoms with Gasteiger partial charge in [0.1, 0.15) is 0 Å². The summed E-state index contributed by atoms with van der Waals surface area (Å²) in [7, 11) is 0. The van der Waals surface area contributed by atoms with Crippen LogP contribution in [-0.4, -0.2) is 37.2 Å². The van der Waals surface area contributed by atoms with Gasteiger partial charge in [-0.2, -0.15) is 0 Å². The van der Waals surface area contributed by atoms with Crippen molar-refractivity contribution in [1.29, 1.82) is 0 Å². The van der Waals surface area contributed by atoms with E-state index in [1.54, 1.807) is 23.5 Å². The summed E-state index contributed by atoms with van der Waals surface area (Å²) in [4.78, 5) is 19.2. The molecular formula is C20H19N3O2S. The Labute approximate surface area is 156 Å². The molecule has 1 aliphatic rings. The van der Waals surface area contributed by atoms with E-state index in [2.05, 4.69) is 15.6 Å². The lowest BCUT2D eigenvalue weighted by molar-refractivity contribution is 0.102. The number of morpholine rings is 1. The van der Waals surface area contributed by atoms with Gasteiger partial charge in [-0.3, -0.25) is 4.79 Å². The van der Waals surface area contributed by atoms with E-state index in [0.29, 0.717) is 5.56 Å². The van der Waals surface area contributed by atoms with Gasteiger partial charge in [-0.1, -0.05) is 30.3 Å². The summed E-state index contributed by atoms with van der Waals surface area (Å²) in [5.41, 5.74) is 3.41. The zero-order valence-electron chi connectivity index (χ0n) is 14.2. The number of nitrogens with zero attached hydrogens (tertiary/aromatic N) is 2. The van der Waals surface area contributed by atoms with Crippen molar-refractivity contribution in [2.75, 3.05) is 36.5 Å². The van der Waals surface area contributed by atoms with Gasteiger partial charge in [0, 0.05) is 35.3 Å². The van der Waals surface area contributed by atoms with Gasteiger partial charge in [0.15, 0.2) is 5.13 Å². The van der Waals surface area contributed by atoms with Crippen LogP contribution in [0.2, 0.25) is 0 Å². The fraction of sp³-hybridized carbons (Fsp3) is 0.200. The van der Waals surface area contributed by atoms with Crippen molar-refractivity contribution < 1.29 is 9.53 Å². The molecule has 132 valence electrons. The first-order chi connectivity index (χ1) is 12.8. The van der Waals surface area contributed by atoms with E-state index in [9.17, 15) is 4.79 Å². The zero-order chi connectivity index (χ0) is 17.8. The first kappa shape index (κ1) is 16.8. The second kappa shape index (κ2) is 7.68. The highest BCUT2D eigenvalue weighted by Gasteiger charge is 2.15. The molecule has 2 aromatic carbocycles. The number of ether oxygens (including phenoxy) is 1. The average molecular weight is 365 g/mol. The van der Waals surface area contributed by atoms with Crippen LogP contribution in [0.5, 0.6) is 0 Å². The number of carbonyl (C=O) groups is 1. The van der Waals surface area contributed by atoms with Crippen LogP contribution in [0.1, 0.15) is 10.4 Å². The summed E-state index contributed by atoms with van der Waals surface area (Å²) in [5, 5.41) is 6.02. The Kier molecular flexibility index (Phi) is 4.95. The molecule has 4 rings (SSSR count). The number of hydrogen-bond acceptors (Lipinski definition) is 5. The molecule has 5 nitrogen and oxygen atoms in total. The summed E-state index contributed by atoms with van der Waals surface area (Å²) in [6, 6.07) is 17.0. The Morgan fingerprint density at radius 3 is 2.50 bits per heavy atom. The van der Waals surface area contributed by atoms with E-state index in [0.717, 1.165) is 48.4 Å². The SMILES string of the molecule is O=C(Nc1ccc(-c2csc(N3CCOCC3)n2)cc1)c1ccccc1. The van der Waals surface area contributed by atoms with E-state index in [-0.39, 0.29) is 5.91 Å². The first-order valence-electron chi connectivity index (χ1n) is 8.55. The van der Waals surface area contributed by atoms with Crippen LogP contribution in [0.4, 0.5) is 10.8 Å². The largest absolute Gasteiger partial charge is 0.378 e. The fourth-order valence-corrected chi connectivity index (χ4v) is 3.70. The lowest BCUT2D eigenvalue weighted by Gasteiger charge is -2.26. The molecule has 1 fully saturated rings. The monoisotopic (exact) mass is 365 g/mol. The molecule has 26 heavy (non-hydrogen) atoms.